The van der Waals surface area contributed by atoms with Crippen LogP contribution in [0.4, 0.5) is 0 Å². The van der Waals surface area contributed by atoms with Crippen molar-refractivity contribution in [3.05, 3.63) is 87.1 Å². The molecule has 2 aromatic carbocycles. The maximum Gasteiger partial charge on any atom is 0.307 e. The van der Waals surface area contributed by atoms with Crippen LogP contribution in [-0.4, -0.2) is 96.5 Å². The number of carbonyl (C=O) groups is 4. The predicted molar refractivity (Wildman–Crippen MR) is 209 cm³/mol. The molecular formula is C42H54N4O8S. The van der Waals surface area contributed by atoms with E-state index in [-0.39, 0.29) is 36.7 Å². The van der Waals surface area contributed by atoms with Crippen LogP contribution in [0.3, 0.4) is 0 Å². The van der Waals surface area contributed by atoms with Crippen molar-refractivity contribution in [1.82, 2.24) is 20.9 Å². The van der Waals surface area contributed by atoms with E-state index in [0.717, 1.165) is 66.0 Å². The molecule has 0 bridgehead atoms. The molecule has 0 saturated carbocycles. The van der Waals surface area contributed by atoms with Gasteiger partial charge in [-0.3, -0.25) is 19.2 Å². The Morgan fingerprint density at radius 1 is 0.691 bits per heavy atom. The van der Waals surface area contributed by atoms with Gasteiger partial charge in [-0.05, 0) is 141 Å². The monoisotopic (exact) mass is 774 g/mol. The van der Waals surface area contributed by atoms with Gasteiger partial charge in [-0.2, -0.15) is 0 Å². The highest BCUT2D eigenvalue weighted by Crippen LogP contribution is 2.29. The second-order valence-electron chi connectivity index (χ2n) is 15.4. The largest absolute Gasteiger partial charge is 0.492 e. The molecule has 3 aliphatic heterocycles. The van der Waals surface area contributed by atoms with E-state index in [0.29, 0.717) is 57.7 Å². The zero-order chi connectivity index (χ0) is 38.7. The number of nitrogens with one attached hydrogen (secondary N) is 3. The molecule has 3 aliphatic rings. The van der Waals surface area contributed by atoms with Crippen LogP contribution in [0.25, 0.3) is 0 Å². The van der Waals surface area contributed by atoms with Gasteiger partial charge in [-0.25, -0.2) is 0 Å². The van der Waals surface area contributed by atoms with Crippen molar-refractivity contribution in [1.29, 1.82) is 0 Å². The number of hydrogen-bond donors (Lipinski definition) is 6. The Morgan fingerprint density at radius 2 is 1.20 bits per heavy atom. The molecule has 1 amide bonds. The summed E-state index contributed by atoms with van der Waals surface area (Å²) in [4.78, 5) is 53.2. The first-order chi connectivity index (χ1) is 26.6. The van der Waals surface area contributed by atoms with Gasteiger partial charge in [-0.1, -0.05) is 36.4 Å². The lowest BCUT2D eigenvalue weighted by molar-refractivity contribution is -0.144. The zero-order valence-corrected chi connectivity index (χ0v) is 32.1. The van der Waals surface area contributed by atoms with E-state index in [1.165, 1.54) is 11.3 Å². The number of nitrogens with zero attached hydrogens (tertiary/aromatic N) is 1. The standard InChI is InChI=1S/C42H54N4O8S/c47-39(21-28-4-1-3-27(15-28)18-36(40(48)49)31-7-10-43-22-31)46(25-35-17-30(26-55-35)20-38(42(52)53)33-9-12-45-24-33)13-14-54-34-6-2-5-29(16-34)19-37(41(50)51)32-8-11-44-23-32/h1-6,15-17,26,31-33,36-38,43-45H,7-14,18-25H2,(H,48,49)(H,50,51)(H,52,53)/t31-,32-,33-,36-,37-,38-/m0/s1. The number of carboxylic acid groups (broad SMARTS) is 3. The molecular weight excluding hydrogens is 721 g/mol. The highest BCUT2D eigenvalue weighted by atomic mass is 32.1. The van der Waals surface area contributed by atoms with E-state index in [1.54, 1.807) is 4.90 Å². The number of thiophene rings is 1. The highest BCUT2D eigenvalue weighted by molar-refractivity contribution is 7.10. The van der Waals surface area contributed by atoms with Gasteiger partial charge in [0, 0.05) is 4.88 Å². The lowest BCUT2D eigenvalue weighted by Gasteiger charge is -2.23. The molecule has 296 valence electrons. The van der Waals surface area contributed by atoms with Crippen molar-refractivity contribution in [3.8, 4) is 5.75 Å². The molecule has 3 aromatic rings. The van der Waals surface area contributed by atoms with Gasteiger partial charge >= 0.3 is 17.9 Å². The normalized spacial score (nSPS) is 21.2. The smallest absolute Gasteiger partial charge is 0.307 e. The summed E-state index contributed by atoms with van der Waals surface area (Å²) < 4.78 is 6.18. The molecule has 3 fully saturated rings. The minimum absolute atomic E-state index is 0.0680. The molecule has 55 heavy (non-hydrogen) atoms. The average Bonchev–Trinajstić information content (AvgIpc) is 4.01. The molecule has 0 unspecified atom stereocenters. The second-order valence-corrected chi connectivity index (χ2v) is 16.4. The molecule has 12 nitrogen and oxygen atoms in total. The maximum atomic E-state index is 14.1. The van der Waals surface area contributed by atoms with E-state index in [2.05, 4.69) is 16.0 Å². The highest BCUT2D eigenvalue weighted by Gasteiger charge is 2.33. The fourth-order valence-corrected chi connectivity index (χ4v) is 9.39. The summed E-state index contributed by atoms with van der Waals surface area (Å²) in [5, 5.41) is 41.7. The number of benzene rings is 2. The molecule has 0 radical (unpaired) electrons. The van der Waals surface area contributed by atoms with E-state index >= 15 is 0 Å². The summed E-state index contributed by atoms with van der Waals surface area (Å²) in [6, 6.07) is 17.2. The quantitative estimate of drug-likeness (QED) is 0.0980. The lowest BCUT2D eigenvalue weighted by atomic mass is 9.86. The summed E-state index contributed by atoms with van der Waals surface area (Å²) in [7, 11) is 0. The molecule has 6 N–H and O–H groups in total. The molecule has 0 aliphatic carbocycles. The van der Waals surface area contributed by atoms with Gasteiger partial charge in [0.15, 0.2) is 0 Å². The lowest BCUT2D eigenvalue weighted by Crippen LogP contribution is -2.35. The molecule has 3 saturated heterocycles. The van der Waals surface area contributed by atoms with Gasteiger partial charge in [-0.15, -0.1) is 11.3 Å². The number of carboxylic acids is 3. The Hall–Kier alpha value is -4.30. The van der Waals surface area contributed by atoms with Crippen LogP contribution in [0, 0.1) is 35.5 Å². The van der Waals surface area contributed by atoms with E-state index in [1.807, 2.05) is 60.0 Å². The van der Waals surface area contributed by atoms with Crippen molar-refractivity contribution in [2.24, 2.45) is 35.5 Å². The van der Waals surface area contributed by atoms with Gasteiger partial charge in [0.1, 0.15) is 12.4 Å². The number of aliphatic carboxylic acids is 3. The van der Waals surface area contributed by atoms with Crippen molar-refractivity contribution < 1.29 is 39.2 Å². The third-order valence-corrected chi connectivity index (χ3v) is 12.6. The first-order valence-electron chi connectivity index (χ1n) is 19.6. The van der Waals surface area contributed by atoms with E-state index in [9.17, 15) is 34.5 Å². The van der Waals surface area contributed by atoms with Gasteiger partial charge in [0.05, 0.1) is 37.3 Å². The third kappa shape index (κ3) is 11.4. The van der Waals surface area contributed by atoms with Crippen LogP contribution in [0.1, 0.15) is 46.4 Å². The SMILES string of the molecule is O=C(O)[C@@H](Cc1cccc(CC(=O)N(CCOc2cccc(C[C@H](C(=O)O)[C@H]3CCNC3)c2)Cc2cc(C[C@H](C(=O)O)[C@H]3CCNC3)cs2)c1)[C@H]1CCNC1. The van der Waals surface area contributed by atoms with Crippen molar-refractivity contribution in [3.63, 3.8) is 0 Å². The Balaban J connectivity index is 1.13. The van der Waals surface area contributed by atoms with Crippen LogP contribution in [0.15, 0.2) is 60.0 Å². The number of amides is 1. The van der Waals surface area contributed by atoms with Gasteiger partial charge in [0.2, 0.25) is 5.91 Å². The fraction of sp³-hybridized carbons (Fsp3) is 0.524. The van der Waals surface area contributed by atoms with Crippen molar-refractivity contribution >= 4 is 35.2 Å². The number of hydrogen-bond acceptors (Lipinski definition) is 9. The fourth-order valence-electron chi connectivity index (χ4n) is 8.48. The Morgan fingerprint density at radius 3 is 1.73 bits per heavy atom. The Bertz CT molecular complexity index is 1760. The first kappa shape index (κ1) is 40.4. The van der Waals surface area contributed by atoms with Gasteiger partial charge in [0.25, 0.3) is 0 Å². The summed E-state index contributed by atoms with van der Waals surface area (Å²) >= 11 is 1.52. The summed E-state index contributed by atoms with van der Waals surface area (Å²) in [6.07, 6.45) is 3.89. The van der Waals surface area contributed by atoms with Crippen LogP contribution < -0.4 is 20.7 Å². The van der Waals surface area contributed by atoms with Crippen LogP contribution in [0.5, 0.6) is 5.75 Å². The minimum atomic E-state index is -0.801. The van der Waals surface area contributed by atoms with Crippen molar-refractivity contribution in [2.45, 2.75) is 51.5 Å². The summed E-state index contributed by atoms with van der Waals surface area (Å²) in [5.41, 5.74) is 3.53. The second kappa shape index (κ2) is 19.5. The minimum Gasteiger partial charge on any atom is -0.492 e. The zero-order valence-electron chi connectivity index (χ0n) is 31.3. The van der Waals surface area contributed by atoms with Gasteiger partial charge < -0.3 is 40.9 Å². The first-order valence-corrected chi connectivity index (χ1v) is 20.4. The van der Waals surface area contributed by atoms with Crippen molar-refractivity contribution in [2.75, 3.05) is 52.4 Å². The third-order valence-electron chi connectivity index (χ3n) is 11.6. The summed E-state index contributed by atoms with van der Waals surface area (Å²) in [5.74, 6) is -3.10. The van der Waals surface area contributed by atoms with E-state index < -0.39 is 35.7 Å². The number of rotatable bonds is 20. The maximum absolute atomic E-state index is 14.1. The molecule has 0 spiro atoms. The number of carbonyl (C=O) groups excluding carboxylic acids is 1. The molecule has 6 rings (SSSR count). The topological polar surface area (TPSA) is 178 Å². The van der Waals surface area contributed by atoms with Crippen LogP contribution in [0.2, 0.25) is 0 Å². The summed E-state index contributed by atoms with van der Waals surface area (Å²) in [6.45, 7) is 5.42. The Kier molecular flexibility index (Phi) is 14.3. The Labute approximate surface area is 326 Å². The molecule has 4 heterocycles. The molecule has 1 aromatic heterocycles. The molecule has 13 heteroatoms. The number of ether oxygens (including phenoxy) is 1. The molecule has 6 atom stereocenters. The average molecular weight is 775 g/mol. The predicted octanol–water partition coefficient (Wildman–Crippen LogP) is 3.96. The van der Waals surface area contributed by atoms with Crippen LogP contribution in [-0.2, 0) is 51.4 Å². The van der Waals surface area contributed by atoms with Crippen LogP contribution >= 0.6 is 11.3 Å². The van der Waals surface area contributed by atoms with E-state index in [4.69, 9.17) is 4.74 Å².